The third kappa shape index (κ3) is 4.30. The topological polar surface area (TPSA) is 21.6 Å². The van der Waals surface area contributed by atoms with Crippen LogP contribution in [0, 0.1) is 0 Å². The van der Waals surface area contributed by atoms with Crippen LogP contribution in [0.3, 0.4) is 0 Å². The van der Waals surface area contributed by atoms with Crippen LogP contribution in [0.15, 0.2) is 59.6 Å². The summed E-state index contributed by atoms with van der Waals surface area (Å²) in [7, 11) is 1.66. The fourth-order valence-corrected chi connectivity index (χ4v) is 2.16. The van der Waals surface area contributed by atoms with Crippen molar-refractivity contribution in [3.8, 4) is 0 Å². The summed E-state index contributed by atoms with van der Waals surface area (Å²) in [4.78, 5) is 4.17. The number of benzene rings is 2. The second-order valence-electron chi connectivity index (χ2n) is 4.53. The van der Waals surface area contributed by atoms with Crippen LogP contribution in [-0.4, -0.2) is 19.6 Å². The molecule has 4 heteroatoms. The van der Waals surface area contributed by atoms with Crippen LogP contribution >= 0.6 is 11.6 Å². The van der Waals surface area contributed by atoms with Gasteiger partial charge >= 0.3 is 0 Å². The monoisotopic (exact) mass is 305 g/mol. The van der Waals surface area contributed by atoms with E-state index in [-0.39, 0.29) is 12.5 Å². The molecule has 0 fully saturated rings. The number of ether oxygens (including phenoxy) is 1. The van der Waals surface area contributed by atoms with Crippen LogP contribution in [0.4, 0.5) is 4.39 Å². The van der Waals surface area contributed by atoms with Gasteiger partial charge in [0.2, 0.25) is 5.90 Å². The Morgan fingerprint density at radius 1 is 1.14 bits per heavy atom. The molecular weight excluding hydrogens is 289 g/mol. The van der Waals surface area contributed by atoms with Crippen molar-refractivity contribution >= 4 is 17.5 Å². The summed E-state index contributed by atoms with van der Waals surface area (Å²) in [5.41, 5.74) is 1.76. The van der Waals surface area contributed by atoms with E-state index in [4.69, 9.17) is 16.3 Å². The summed E-state index contributed by atoms with van der Waals surface area (Å²) in [6.07, 6.45) is -0.112. The highest BCUT2D eigenvalue weighted by molar-refractivity contribution is 6.30. The van der Waals surface area contributed by atoms with Gasteiger partial charge in [-0.05, 0) is 29.8 Å². The first-order valence-electron chi connectivity index (χ1n) is 6.75. The van der Waals surface area contributed by atoms with E-state index in [9.17, 15) is 4.39 Å². The maximum absolute atomic E-state index is 12.8. The molecule has 2 aromatic carbocycles. The first-order valence-corrected chi connectivity index (χ1v) is 7.12. The van der Waals surface area contributed by atoms with E-state index in [0.29, 0.717) is 10.9 Å². The highest BCUT2D eigenvalue weighted by Crippen LogP contribution is 2.24. The standard InChI is InChI=1S/C17H17ClFNO/c1-20-17(14-5-3-2-4-6-14)21-16(11-12-19)13-7-9-15(18)10-8-13/h2-10,16H,11-12H2,1H3/b20-17-. The highest BCUT2D eigenvalue weighted by Gasteiger charge is 2.16. The molecule has 0 N–H and O–H groups in total. The molecular formula is C17H17ClFNO. The third-order valence-corrected chi connectivity index (χ3v) is 3.34. The summed E-state index contributed by atoms with van der Waals surface area (Å²) in [6, 6.07) is 16.8. The minimum absolute atomic E-state index is 0.271. The normalized spacial score (nSPS) is 13.0. The third-order valence-electron chi connectivity index (χ3n) is 3.09. The Hall–Kier alpha value is -1.87. The van der Waals surface area contributed by atoms with Gasteiger partial charge in [0.1, 0.15) is 6.10 Å². The van der Waals surface area contributed by atoms with Gasteiger partial charge in [0.25, 0.3) is 0 Å². The Bertz CT molecular complexity index is 583. The molecule has 0 aliphatic carbocycles. The van der Waals surface area contributed by atoms with E-state index in [2.05, 4.69) is 4.99 Å². The zero-order chi connectivity index (χ0) is 15.1. The van der Waals surface area contributed by atoms with E-state index >= 15 is 0 Å². The fraction of sp³-hybridized carbons (Fsp3) is 0.235. The number of rotatable bonds is 5. The van der Waals surface area contributed by atoms with Crippen LogP contribution in [0.25, 0.3) is 0 Å². The largest absolute Gasteiger partial charge is 0.469 e. The lowest BCUT2D eigenvalue weighted by atomic mass is 10.1. The molecule has 0 amide bonds. The van der Waals surface area contributed by atoms with Gasteiger partial charge in [-0.2, -0.15) is 0 Å². The average Bonchev–Trinajstić information content (AvgIpc) is 2.53. The van der Waals surface area contributed by atoms with Crippen LogP contribution < -0.4 is 0 Å². The summed E-state index contributed by atoms with van der Waals surface area (Å²) in [5, 5.41) is 0.644. The van der Waals surface area contributed by atoms with Crippen molar-refractivity contribution in [2.24, 2.45) is 4.99 Å². The van der Waals surface area contributed by atoms with Crippen molar-refractivity contribution < 1.29 is 9.13 Å². The van der Waals surface area contributed by atoms with Crippen LogP contribution in [0.5, 0.6) is 0 Å². The van der Waals surface area contributed by atoms with E-state index in [1.165, 1.54) is 0 Å². The number of hydrogen-bond acceptors (Lipinski definition) is 2. The van der Waals surface area contributed by atoms with Gasteiger partial charge in [-0.15, -0.1) is 0 Å². The molecule has 2 aromatic rings. The lowest BCUT2D eigenvalue weighted by Gasteiger charge is -2.19. The van der Waals surface area contributed by atoms with E-state index in [1.54, 1.807) is 19.2 Å². The average molecular weight is 306 g/mol. The van der Waals surface area contributed by atoms with Gasteiger partial charge in [-0.3, -0.25) is 9.38 Å². The maximum Gasteiger partial charge on any atom is 0.216 e. The quantitative estimate of drug-likeness (QED) is 0.572. The summed E-state index contributed by atoms with van der Waals surface area (Å²) in [5.74, 6) is 0.504. The Morgan fingerprint density at radius 3 is 2.38 bits per heavy atom. The molecule has 2 nitrogen and oxygen atoms in total. The molecule has 0 radical (unpaired) electrons. The molecule has 0 saturated carbocycles. The van der Waals surface area contributed by atoms with Crippen LogP contribution in [0.1, 0.15) is 23.7 Å². The van der Waals surface area contributed by atoms with Crippen molar-refractivity contribution in [3.05, 3.63) is 70.7 Å². The zero-order valence-electron chi connectivity index (χ0n) is 11.8. The van der Waals surface area contributed by atoms with Crippen molar-refractivity contribution in [3.63, 3.8) is 0 Å². The minimum Gasteiger partial charge on any atom is -0.469 e. The molecule has 21 heavy (non-hydrogen) atoms. The molecule has 0 aromatic heterocycles. The lowest BCUT2D eigenvalue weighted by Crippen LogP contribution is -2.13. The summed E-state index contributed by atoms with van der Waals surface area (Å²) in [6.45, 7) is -0.459. The van der Waals surface area contributed by atoms with Gasteiger partial charge in [-0.1, -0.05) is 41.9 Å². The molecule has 0 heterocycles. The van der Waals surface area contributed by atoms with Gasteiger partial charge in [-0.25, -0.2) is 0 Å². The Morgan fingerprint density at radius 2 is 1.81 bits per heavy atom. The summed E-state index contributed by atoms with van der Waals surface area (Å²) >= 11 is 5.88. The Labute approximate surface area is 129 Å². The van der Waals surface area contributed by atoms with Gasteiger partial charge in [0.15, 0.2) is 0 Å². The highest BCUT2D eigenvalue weighted by atomic mass is 35.5. The predicted octanol–water partition coefficient (Wildman–Crippen LogP) is 4.83. The molecule has 0 aliphatic heterocycles. The number of nitrogens with zero attached hydrogens (tertiary/aromatic N) is 1. The second kappa shape index (κ2) is 7.79. The molecule has 2 rings (SSSR count). The van der Waals surface area contributed by atoms with E-state index in [1.807, 2.05) is 42.5 Å². The Balaban J connectivity index is 2.21. The second-order valence-corrected chi connectivity index (χ2v) is 4.97. The van der Waals surface area contributed by atoms with Gasteiger partial charge in [0, 0.05) is 24.1 Å². The minimum atomic E-state index is -0.459. The molecule has 0 saturated heterocycles. The smallest absolute Gasteiger partial charge is 0.216 e. The first kappa shape index (κ1) is 15.5. The Kier molecular flexibility index (Phi) is 5.76. The maximum atomic E-state index is 12.8. The van der Waals surface area contributed by atoms with Crippen molar-refractivity contribution in [2.75, 3.05) is 13.7 Å². The van der Waals surface area contributed by atoms with Crippen molar-refractivity contribution in [1.29, 1.82) is 0 Å². The van der Waals surface area contributed by atoms with Crippen molar-refractivity contribution in [2.45, 2.75) is 12.5 Å². The molecule has 1 unspecified atom stereocenters. The molecule has 0 aliphatic rings. The SMILES string of the molecule is C/N=C(\OC(CCF)c1ccc(Cl)cc1)c1ccccc1. The number of alkyl halides is 1. The van der Waals surface area contributed by atoms with E-state index < -0.39 is 6.67 Å². The number of hydrogen-bond donors (Lipinski definition) is 0. The van der Waals surface area contributed by atoms with E-state index in [0.717, 1.165) is 11.1 Å². The molecule has 1 atom stereocenters. The van der Waals surface area contributed by atoms with Gasteiger partial charge in [0.05, 0.1) is 6.67 Å². The number of halogens is 2. The lowest BCUT2D eigenvalue weighted by molar-refractivity contribution is 0.169. The zero-order valence-corrected chi connectivity index (χ0v) is 12.6. The van der Waals surface area contributed by atoms with Crippen LogP contribution in [0.2, 0.25) is 5.02 Å². The van der Waals surface area contributed by atoms with Crippen LogP contribution in [-0.2, 0) is 4.74 Å². The molecule has 110 valence electrons. The number of aliphatic imine (C=N–C) groups is 1. The van der Waals surface area contributed by atoms with Crippen molar-refractivity contribution in [1.82, 2.24) is 0 Å². The van der Waals surface area contributed by atoms with Gasteiger partial charge < -0.3 is 4.74 Å². The molecule has 0 spiro atoms. The fourth-order valence-electron chi connectivity index (χ4n) is 2.04. The predicted molar refractivity (Wildman–Crippen MR) is 84.8 cm³/mol. The molecule has 0 bridgehead atoms. The summed E-state index contributed by atoms with van der Waals surface area (Å²) < 4.78 is 18.7. The first-order chi connectivity index (χ1) is 10.2.